The Morgan fingerprint density at radius 2 is 1.68 bits per heavy atom. The summed E-state index contributed by atoms with van der Waals surface area (Å²) in [5.74, 6) is -0.568. The smallest absolute Gasteiger partial charge is 0.241 e. The van der Waals surface area contributed by atoms with Gasteiger partial charge in [-0.25, -0.2) is 4.39 Å². The van der Waals surface area contributed by atoms with Crippen LogP contribution in [0.3, 0.4) is 0 Å². The SMILES string of the molecule is C[C@@H](N[C@H](C)c1ccc2ccccc2c1)C(=O)Nc1cccc(F)c1. The zero-order valence-corrected chi connectivity index (χ0v) is 14.3. The van der Waals surface area contributed by atoms with Crippen LogP contribution in [0.2, 0.25) is 0 Å². The maximum absolute atomic E-state index is 13.2. The molecule has 3 nitrogen and oxygen atoms in total. The van der Waals surface area contributed by atoms with Crippen molar-refractivity contribution in [3.63, 3.8) is 0 Å². The van der Waals surface area contributed by atoms with Gasteiger partial charge < -0.3 is 5.32 Å². The highest BCUT2D eigenvalue weighted by atomic mass is 19.1. The number of nitrogens with one attached hydrogen (secondary N) is 2. The first-order chi connectivity index (χ1) is 12.0. The van der Waals surface area contributed by atoms with Gasteiger partial charge in [0, 0.05) is 11.7 Å². The van der Waals surface area contributed by atoms with Crippen LogP contribution in [0, 0.1) is 5.82 Å². The third kappa shape index (κ3) is 4.22. The highest BCUT2D eigenvalue weighted by Gasteiger charge is 2.16. The van der Waals surface area contributed by atoms with Gasteiger partial charge in [0.15, 0.2) is 0 Å². The lowest BCUT2D eigenvalue weighted by atomic mass is 10.0. The summed E-state index contributed by atoms with van der Waals surface area (Å²) in [6.45, 7) is 3.82. The van der Waals surface area contributed by atoms with E-state index in [0.717, 1.165) is 5.56 Å². The summed E-state index contributed by atoms with van der Waals surface area (Å²) in [7, 11) is 0. The molecule has 0 aliphatic heterocycles. The van der Waals surface area contributed by atoms with E-state index in [9.17, 15) is 9.18 Å². The summed E-state index contributed by atoms with van der Waals surface area (Å²) in [4.78, 5) is 12.3. The van der Waals surface area contributed by atoms with E-state index >= 15 is 0 Å². The fraction of sp³-hybridized carbons (Fsp3) is 0.190. The molecule has 0 spiro atoms. The average molecular weight is 336 g/mol. The minimum atomic E-state index is -0.412. The Hall–Kier alpha value is -2.72. The molecule has 0 aromatic heterocycles. The van der Waals surface area contributed by atoms with Crippen LogP contribution in [-0.4, -0.2) is 11.9 Å². The number of benzene rings is 3. The van der Waals surface area contributed by atoms with Gasteiger partial charge >= 0.3 is 0 Å². The molecule has 0 saturated heterocycles. The molecule has 0 aliphatic carbocycles. The van der Waals surface area contributed by atoms with Crippen molar-refractivity contribution in [2.75, 3.05) is 5.32 Å². The Balaban J connectivity index is 1.66. The third-order valence-corrected chi connectivity index (χ3v) is 4.26. The molecule has 2 N–H and O–H groups in total. The molecule has 3 rings (SSSR count). The van der Waals surface area contributed by atoms with Gasteiger partial charge in [-0.1, -0.05) is 42.5 Å². The molecule has 3 aromatic rings. The zero-order chi connectivity index (χ0) is 17.8. The predicted octanol–water partition coefficient (Wildman–Crippen LogP) is 4.66. The quantitative estimate of drug-likeness (QED) is 0.712. The molecule has 0 radical (unpaired) electrons. The van der Waals surface area contributed by atoms with Crippen molar-refractivity contribution in [2.45, 2.75) is 25.9 Å². The second-order valence-electron chi connectivity index (χ2n) is 6.22. The van der Waals surface area contributed by atoms with Gasteiger partial charge in [-0.15, -0.1) is 0 Å². The Morgan fingerprint density at radius 3 is 2.44 bits per heavy atom. The van der Waals surface area contributed by atoms with Crippen molar-refractivity contribution >= 4 is 22.4 Å². The summed E-state index contributed by atoms with van der Waals surface area (Å²) in [5.41, 5.74) is 1.57. The normalized spacial score (nSPS) is 13.4. The minimum Gasteiger partial charge on any atom is -0.325 e. The monoisotopic (exact) mass is 336 g/mol. The van der Waals surface area contributed by atoms with Gasteiger partial charge in [0.05, 0.1) is 6.04 Å². The fourth-order valence-corrected chi connectivity index (χ4v) is 2.84. The molecule has 4 heteroatoms. The molecule has 25 heavy (non-hydrogen) atoms. The molecule has 0 saturated carbocycles. The van der Waals surface area contributed by atoms with Gasteiger partial charge in [-0.05, 0) is 54.4 Å². The lowest BCUT2D eigenvalue weighted by molar-refractivity contribution is -0.117. The number of rotatable bonds is 5. The maximum atomic E-state index is 13.2. The van der Waals surface area contributed by atoms with Crippen LogP contribution in [0.1, 0.15) is 25.5 Å². The number of fused-ring (bicyclic) bond motifs is 1. The molecule has 0 aliphatic rings. The molecule has 0 fully saturated rings. The zero-order valence-electron chi connectivity index (χ0n) is 14.3. The fourth-order valence-electron chi connectivity index (χ4n) is 2.84. The van der Waals surface area contributed by atoms with E-state index in [2.05, 4.69) is 41.0 Å². The second-order valence-corrected chi connectivity index (χ2v) is 6.22. The van der Waals surface area contributed by atoms with Gasteiger partial charge in [0.25, 0.3) is 0 Å². The number of hydrogen-bond donors (Lipinski definition) is 2. The van der Waals surface area contributed by atoms with Crippen LogP contribution >= 0.6 is 0 Å². The number of halogens is 1. The summed E-state index contributed by atoms with van der Waals surface area (Å²) in [6.07, 6.45) is 0. The lowest BCUT2D eigenvalue weighted by Crippen LogP contribution is -2.39. The molecule has 0 heterocycles. The lowest BCUT2D eigenvalue weighted by Gasteiger charge is -2.20. The van der Waals surface area contributed by atoms with Crippen LogP contribution in [0.5, 0.6) is 0 Å². The highest BCUT2D eigenvalue weighted by Crippen LogP contribution is 2.20. The number of carbonyl (C=O) groups excluding carboxylic acids is 1. The highest BCUT2D eigenvalue weighted by molar-refractivity contribution is 5.94. The van der Waals surface area contributed by atoms with E-state index in [1.165, 1.54) is 22.9 Å². The van der Waals surface area contributed by atoms with Crippen LogP contribution in [0.4, 0.5) is 10.1 Å². The van der Waals surface area contributed by atoms with E-state index in [0.29, 0.717) is 5.69 Å². The first-order valence-electron chi connectivity index (χ1n) is 8.34. The molecule has 128 valence electrons. The van der Waals surface area contributed by atoms with Crippen molar-refractivity contribution < 1.29 is 9.18 Å². The van der Waals surface area contributed by atoms with E-state index in [4.69, 9.17) is 0 Å². The van der Waals surface area contributed by atoms with Gasteiger partial charge in [-0.2, -0.15) is 0 Å². The molecule has 2 atom stereocenters. The molecular formula is C21H21FN2O. The third-order valence-electron chi connectivity index (χ3n) is 4.26. The van der Waals surface area contributed by atoms with Crippen LogP contribution in [-0.2, 0) is 4.79 Å². The Morgan fingerprint density at radius 1 is 0.920 bits per heavy atom. The number of carbonyl (C=O) groups is 1. The number of hydrogen-bond acceptors (Lipinski definition) is 2. The molecular weight excluding hydrogens is 315 g/mol. The van der Waals surface area contributed by atoms with Crippen molar-refractivity contribution in [3.8, 4) is 0 Å². The van der Waals surface area contributed by atoms with Crippen molar-refractivity contribution in [3.05, 3.63) is 78.1 Å². The maximum Gasteiger partial charge on any atom is 0.241 e. The van der Waals surface area contributed by atoms with Crippen LogP contribution in [0.25, 0.3) is 10.8 Å². The van der Waals surface area contributed by atoms with Crippen molar-refractivity contribution in [1.29, 1.82) is 0 Å². The average Bonchev–Trinajstić information content (AvgIpc) is 2.61. The van der Waals surface area contributed by atoms with Crippen molar-refractivity contribution in [1.82, 2.24) is 5.32 Å². The van der Waals surface area contributed by atoms with E-state index < -0.39 is 6.04 Å². The van der Waals surface area contributed by atoms with Crippen molar-refractivity contribution in [2.24, 2.45) is 0 Å². The molecule has 0 unspecified atom stereocenters. The standard InChI is InChI=1S/C21H21FN2O/c1-14(17-11-10-16-6-3-4-7-18(16)12-17)23-15(2)21(25)24-20-9-5-8-19(22)13-20/h3-15,23H,1-2H3,(H,24,25)/t14-,15-/m1/s1. The number of amides is 1. The van der Waals surface area contributed by atoms with Gasteiger partial charge in [-0.3, -0.25) is 10.1 Å². The summed E-state index contributed by atoms with van der Waals surface area (Å²) < 4.78 is 13.2. The second kappa shape index (κ2) is 7.45. The molecule has 3 aromatic carbocycles. The first kappa shape index (κ1) is 17.1. The number of anilines is 1. The largest absolute Gasteiger partial charge is 0.325 e. The minimum absolute atomic E-state index is 0.0119. The Kier molecular flexibility index (Phi) is 5.10. The first-order valence-corrected chi connectivity index (χ1v) is 8.34. The van der Waals surface area contributed by atoms with Crippen LogP contribution in [0.15, 0.2) is 66.7 Å². The van der Waals surface area contributed by atoms with Gasteiger partial charge in [0.1, 0.15) is 5.82 Å². The summed E-state index contributed by atoms with van der Waals surface area (Å²) in [6, 6.07) is 19.9. The van der Waals surface area contributed by atoms with Gasteiger partial charge in [0.2, 0.25) is 5.91 Å². The predicted molar refractivity (Wildman–Crippen MR) is 100.0 cm³/mol. The van der Waals surface area contributed by atoms with E-state index in [-0.39, 0.29) is 17.8 Å². The molecule has 0 bridgehead atoms. The van der Waals surface area contributed by atoms with Crippen LogP contribution < -0.4 is 10.6 Å². The summed E-state index contributed by atoms with van der Waals surface area (Å²) in [5, 5.41) is 8.38. The Labute approximate surface area is 146 Å². The Bertz CT molecular complexity index is 894. The van der Waals surface area contributed by atoms with E-state index in [1.807, 2.05) is 19.1 Å². The molecule has 1 amide bonds. The van der Waals surface area contributed by atoms with E-state index in [1.54, 1.807) is 19.1 Å². The topological polar surface area (TPSA) is 41.1 Å². The summed E-state index contributed by atoms with van der Waals surface area (Å²) >= 11 is 0.